The summed E-state index contributed by atoms with van der Waals surface area (Å²) >= 11 is -3.16. The van der Waals surface area contributed by atoms with E-state index >= 15 is 0 Å². The Balaban J connectivity index is 2.89. The minimum atomic E-state index is -3.16. The summed E-state index contributed by atoms with van der Waals surface area (Å²) in [6, 6.07) is 7.79. The van der Waals surface area contributed by atoms with Crippen LogP contribution < -0.4 is 13.5 Å². The zero-order valence-electron chi connectivity index (χ0n) is 9.34. The van der Waals surface area contributed by atoms with Crippen LogP contribution in [0.1, 0.15) is 13.8 Å². The molecule has 0 saturated heterocycles. The van der Waals surface area contributed by atoms with E-state index in [0.717, 1.165) is 11.0 Å². The van der Waals surface area contributed by atoms with E-state index in [1.807, 2.05) is 47.2 Å². The number of nitrogens with zero attached hydrogens (tertiary/aromatic N) is 2. The first-order valence-electron chi connectivity index (χ1n) is 5.31. The molecule has 4 nitrogen and oxygen atoms in total. The molecule has 1 aromatic carbocycles. The molecule has 16 heavy (non-hydrogen) atoms. The Kier molecular flexibility index (Phi) is 3.19. The van der Waals surface area contributed by atoms with Gasteiger partial charge in [0.05, 0.1) is 0 Å². The van der Waals surface area contributed by atoms with Crippen LogP contribution in [-0.2, 0) is 16.9 Å². The van der Waals surface area contributed by atoms with Crippen LogP contribution in [0.3, 0.4) is 0 Å². The predicted molar refractivity (Wildman–Crippen MR) is 59.6 cm³/mol. The standard InChI is InChI=1S/C11H14N2O2Se/c1-3-12-9-7-5-6-8-10(9)13(4-2)11(12)16(14)15/h5-8H,3-4H2,1-2H3. The van der Waals surface area contributed by atoms with Gasteiger partial charge in [-0.2, -0.15) is 0 Å². The Morgan fingerprint density at radius 2 is 2.06 bits per heavy atom. The molecule has 5 heteroatoms. The molecular formula is C11H14N2O2Se. The molecule has 1 atom stereocenters. The van der Waals surface area contributed by atoms with Crippen LogP contribution in [-0.4, -0.2) is 18.7 Å². The Morgan fingerprint density at radius 1 is 1.38 bits per heavy atom. The van der Waals surface area contributed by atoms with Gasteiger partial charge >= 0.3 is 98.3 Å². The molecule has 2 aromatic rings. The van der Waals surface area contributed by atoms with Gasteiger partial charge < -0.3 is 0 Å². The summed E-state index contributed by atoms with van der Waals surface area (Å²) in [6.45, 7) is 5.27. The molecule has 0 bridgehead atoms. The summed E-state index contributed by atoms with van der Waals surface area (Å²) in [7, 11) is 0. The number of aromatic nitrogens is 2. The Morgan fingerprint density at radius 3 is 2.62 bits per heavy atom. The van der Waals surface area contributed by atoms with Gasteiger partial charge in [-0.25, -0.2) is 0 Å². The third kappa shape index (κ3) is 1.61. The van der Waals surface area contributed by atoms with Crippen molar-refractivity contribution in [3.63, 3.8) is 0 Å². The fourth-order valence-electron chi connectivity index (χ4n) is 2.06. The molecule has 0 radical (unpaired) electrons. The topological polar surface area (TPSA) is 48.9 Å². The van der Waals surface area contributed by atoms with E-state index < -0.39 is 14.2 Å². The summed E-state index contributed by atoms with van der Waals surface area (Å²) in [5, 5.41) is 0. The molecular weight excluding hydrogens is 271 g/mol. The van der Waals surface area contributed by atoms with Crippen LogP contribution in [0.25, 0.3) is 11.0 Å². The van der Waals surface area contributed by atoms with Crippen molar-refractivity contribution in [1.29, 1.82) is 0 Å². The van der Waals surface area contributed by atoms with Crippen molar-refractivity contribution in [3.05, 3.63) is 24.3 Å². The van der Waals surface area contributed by atoms with E-state index in [0.29, 0.717) is 17.8 Å². The van der Waals surface area contributed by atoms with Crippen LogP contribution in [0, 0.1) is 0 Å². The number of fused-ring (bicyclic) bond motifs is 1. The molecule has 1 heterocycles. The van der Waals surface area contributed by atoms with E-state index in [2.05, 4.69) is 0 Å². The van der Waals surface area contributed by atoms with Gasteiger partial charge in [-0.15, -0.1) is 0 Å². The third-order valence-corrected chi connectivity index (χ3v) is 4.26. The van der Waals surface area contributed by atoms with Crippen LogP contribution in [0.5, 0.6) is 0 Å². The SMILES string of the molecule is CCn1c([Se](=O)[O-])[n+](CC)c2ccccc21. The quantitative estimate of drug-likeness (QED) is 0.561. The van der Waals surface area contributed by atoms with E-state index in [9.17, 15) is 8.02 Å². The number of rotatable bonds is 3. The number of hydrogen-bond acceptors (Lipinski definition) is 2. The second kappa shape index (κ2) is 4.45. The van der Waals surface area contributed by atoms with Gasteiger partial charge in [0.15, 0.2) is 0 Å². The predicted octanol–water partition coefficient (Wildman–Crippen LogP) is -0.545. The maximum absolute atomic E-state index is 11.4. The average Bonchev–Trinajstić information content (AvgIpc) is 2.62. The first-order chi connectivity index (χ1) is 7.70. The Bertz CT molecular complexity index is 507. The second-order valence-corrected chi connectivity index (χ2v) is 5.25. The van der Waals surface area contributed by atoms with E-state index in [1.165, 1.54) is 0 Å². The average molecular weight is 285 g/mol. The summed E-state index contributed by atoms with van der Waals surface area (Å²) in [5.41, 5.74) is 1.98. The molecule has 0 amide bonds. The van der Waals surface area contributed by atoms with Gasteiger partial charge in [0.2, 0.25) is 0 Å². The fraction of sp³-hybridized carbons (Fsp3) is 0.364. The summed E-state index contributed by atoms with van der Waals surface area (Å²) in [4.78, 5) is 0. The molecule has 0 fully saturated rings. The molecule has 0 saturated carbocycles. The molecule has 0 aliphatic carbocycles. The number of hydrogen-bond donors (Lipinski definition) is 0. The molecule has 2 rings (SSSR count). The number of benzene rings is 1. The summed E-state index contributed by atoms with van der Waals surface area (Å²) in [5.74, 6) is 0. The summed E-state index contributed by atoms with van der Waals surface area (Å²) < 4.78 is 27.0. The van der Waals surface area contributed by atoms with E-state index in [-0.39, 0.29) is 0 Å². The van der Waals surface area contributed by atoms with Gasteiger partial charge in [-0.05, 0) is 0 Å². The zero-order valence-corrected chi connectivity index (χ0v) is 11.1. The number of aryl methyl sites for hydroxylation is 2. The molecule has 1 aromatic heterocycles. The molecule has 0 spiro atoms. The van der Waals surface area contributed by atoms with Crippen molar-refractivity contribution in [3.8, 4) is 0 Å². The third-order valence-electron chi connectivity index (χ3n) is 2.71. The molecule has 86 valence electrons. The Labute approximate surface area is 98.5 Å². The summed E-state index contributed by atoms with van der Waals surface area (Å²) in [6.07, 6.45) is 0. The van der Waals surface area contributed by atoms with Crippen molar-refractivity contribution in [1.82, 2.24) is 4.57 Å². The zero-order chi connectivity index (χ0) is 11.7. The Hall–Kier alpha value is -1.03. The van der Waals surface area contributed by atoms with Crippen LogP contribution in [0.15, 0.2) is 24.3 Å². The van der Waals surface area contributed by atoms with Crippen molar-refractivity contribution < 1.29 is 12.6 Å². The number of para-hydroxylation sites is 2. The van der Waals surface area contributed by atoms with Crippen molar-refractivity contribution in [2.45, 2.75) is 26.9 Å². The minimum absolute atomic E-state index is 0.450. The molecule has 0 N–H and O–H groups in total. The van der Waals surface area contributed by atoms with Crippen LogP contribution in [0.4, 0.5) is 0 Å². The van der Waals surface area contributed by atoms with Crippen LogP contribution >= 0.6 is 0 Å². The van der Waals surface area contributed by atoms with Crippen molar-refractivity contribution in [2.24, 2.45) is 0 Å². The monoisotopic (exact) mass is 286 g/mol. The van der Waals surface area contributed by atoms with Crippen molar-refractivity contribution in [2.75, 3.05) is 0 Å². The fourth-order valence-corrected chi connectivity index (χ4v) is 3.77. The van der Waals surface area contributed by atoms with Gasteiger partial charge in [-0.1, -0.05) is 0 Å². The maximum atomic E-state index is 11.4. The van der Waals surface area contributed by atoms with Crippen LogP contribution in [0.2, 0.25) is 0 Å². The first kappa shape index (κ1) is 11.5. The van der Waals surface area contributed by atoms with E-state index in [4.69, 9.17) is 0 Å². The van der Waals surface area contributed by atoms with Gasteiger partial charge in [0, 0.05) is 0 Å². The molecule has 1 unspecified atom stereocenters. The first-order valence-corrected chi connectivity index (χ1v) is 7.56. The number of imidazole rings is 1. The second-order valence-electron chi connectivity index (χ2n) is 3.49. The molecule has 0 aliphatic heterocycles. The molecule has 0 aliphatic rings. The van der Waals surface area contributed by atoms with Crippen molar-refractivity contribution >= 4 is 29.9 Å². The van der Waals surface area contributed by atoms with Gasteiger partial charge in [0.25, 0.3) is 0 Å². The van der Waals surface area contributed by atoms with Gasteiger partial charge in [0.1, 0.15) is 0 Å². The normalized spacial score (nSPS) is 13.2. The van der Waals surface area contributed by atoms with Gasteiger partial charge in [-0.3, -0.25) is 0 Å². The van der Waals surface area contributed by atoms with E-state index in [1.54, 1.807) is 0 Å².